The number of nitrogens with zero attached hydrogens (tertiary/aromatic N) is 1. The first-order valence-electron chi connectivity index (χ1n) is 6.06. The molecule has 0 radical (unpaired) electrons. The average Bonchev–Trinajstić information content (AvgIpc) is 2.31. The molecule has 0 spiro atoms. The van der Waals surface area contributed by atoms with Gasteiger partial charge in [-0.3, -0.25) is 4.79 Å². The van der Waals surface area contributed by atoms with E-state index in [2.05, 4.69) is 0 Å². The summed E-state index contributed by atoms with van der Waals surface area (Å²) in [7, 11) is 3.28. The molecule has 0 aliphatic carbocycles. The first-order chi connectivity index (χ1) is 8.04. The first-order valence-corrected chi connectivity index (χ1v) is 6.06. The van der Waals surface area contributed by atoms with Crippen LogP contribution in [0.5, 0.6) is 0 Å². The van der Waals surface area contributed by atoms with Crippen molar-refractivity contribution < 1.29 is 14.3 Å². The van der Waals surface area contributed by atoms with Crippen molar-refractivity contribution in [3.8, 4) is 0 Å². The maximum atomic E-state index is 12.1. The van der Waals surface area contributed by atoms with E-state index < -0.39 is 6.04 Å². The van der Waals surface area contributed by atoms with E-state index in [0.717, 1.165) is 6.42 Å². The van der Waals surface area contributed by atoms with Crippen molar-refractivity contribution in [1.82, 2.24) is 4.90 Å². The van der Waals surface area contributed by atoms with Crippen molar-refractivity contribution in [1.29, 1.82) is 0 Å². The van der Waals surface area contributed by atoms with Gasteiger partial charge >= 0.3 is 0 Å². The van der Waals surface area contributed by atoms with Crippen LogP contribution in [0.1, 0.15) is 20.3 Å². The van der Waals surface area contributed by atoms with Gasteiger partial charge in [-0.1, -0.05) is 13.8 Å². The predicted octanol–water partition coefficient (Wildman–Crippen LogP) is 0.481. The zero-order valence-corrected chi connectivity index (χ0v) is 11.4. The standard InChI is InChI=1S/C12H26N2O3/c1-10(2)11(13)12(15)14(7-9-17-4)6-5-8-16-3/h10-11H,5-9,13H2,1-4H3/t11-/m0/s1. The minimum atomic E-state index is -0.436. The van der Waals surface area contributed by atoms with Crippen molar-refractivity contribution in [3.63, 3.8) is 0 Å². The van der Waals surface area contributed by atoms with Gasteiger partial charge in [0.25, 0.3) is 0 Å². The molecule has 1 atom stereocenters. The number of hydrogen-bond acceptors (Lipinski definition) is 4. The van der Waals surface area contributed by atoms with Crippen molar-refractivity contribution >= 4 is 5.91 Å². The molecule has 0 rings (SSSR count). The van der Waals surface area contributed by atoms with Crippen LogP contribution in [0.4, 0.5) is 0 Å². The Morgan fingerprint density at radius 3 is 2.24 bits per heavy atom. The largest absolute Gasteiger partial charge is 0.385 e. The minimum absolute atomic E-state index is 0.00634. The van der Waals surface area contributed by atoms with Crippen LogP contribution >= 0.6 is 0 Å². The summed E-state index contributed by atoms with van der Waals surface area (Å²) in [5.41, 5.74) is 5.87. The third-order valence-corrected chi connectivity index (χ3v) is 2.66. The topological polar surface area (TPSA) is 64.8 Å². The van der Waals surface area contributed by atoms with Crippen molar-refractivity contribution in [3.05, 3.63) is 0 Å². The van der Waals surface area contributed by atoms with Crippen LogP contribution in [0.2, 0.25) is 0 Å². The number of methoxy groups -OCH3 is 2. The van der Waals surface area contributed by atoms with E-state index in [9.17, 15) is 4.79 Å². The van der Waals surface area contributed by atoms with E-state index in [1.165, 1.54) is 0 Å². The van der Waals surface area contributed by atoms with Gasteiger partial charge in [-0.15, -0.1) is 0 Å². The van der Waals surface area contributed by atoms with Crippen molar-refractivity contribution in [2.45, 2.75) is 26.3 Å². The summed E-state index contributed by atoms with van der Waals surface area (Å²) in [5, 5.41) is 0. The van der Waals surface area contributed by atoms with E-state index >= 15 is 0 Å². The van der Waals surface area contributed by atoms with Crippen LogP contribution in [-0.2, 0) is 14.3 Å². The molecule has 0 heterocycles. The lowest BCUT2D eigenvalue weighted by Crippen LogP contribution is -2.48. The first kappa shape index (κ1) is 16.4. The quantitative estimate of drug-likeness (QED) is 0.601. The second-order valence-corrected chi connectivity index (χ2v) is 4.43. The molecular weight excluding hydrogens is 220 g/mol. The van der Waals surface area contributed by atoms with E-state index in [4.69, 9.17) is 15.2 Å². The van der Waals surface area contributed by atoms with Crippen LogP contribution in [0.25, 0.3) is 0 Å². The molecule has 5 nitrogen and oxygen atoms in total. The maximum Gasteiger partial charge on any atom is 0.239 e. The Hall–Kier alpha value is -0.650. The molecule has 0 aliphatic rings. The molecule has 0 aromatic carbocycles. The summed E-state index contributed by atoms with van der Waals surface area (Å²) in [6.07, 6.45) is 0.816. The van der Waals surface area contributed by atoms with Crippen LogP contribution in [-0.4, -0.2) is 57.4 Å². The molecule has 0 saturated heterocycles. The summed E-state index contributed by atoms with van der Waals surface area (Å²) in [6, 6.07) is -0.436. The SMILES string of the molecule is COCCCN(CCOC)C(=O)[C@@H](N)C(C)C. The van der Waals surface area contributed by atoms with Gasteiger partial charge in [0.15, 0.2) is 0 Å². The molecular formula is C12H26N2O3. The fourth-order valence-corrected chi connectivity index (χ4v) is 1.43. The number of nitrogens with two attached hydrogens (primary N) is 1. The van der Waals surface area contributed by atoms with Crippen molar-refractivity contribution in [2.24, 2.45) is 11.7 Å². The average molecular weight is 246 g/mol. The Morgan fingerprint density at radius 2 is 1.76 bits per heavy atom. The van der Waals surface area contributed by atoms with E-state index in [1.807, 2.05) is 13.8 Å². The fourth-order valence-electron chi connectivity index (χ4n) is 1.43. The lowest BCUT2D eigenvalue weighted by molar-refractivity contribution is -0.134. The van der Waals surface area contributed by atoms with Crippen LogP contribution in [0.15, 0.2) is 0 Å². The van der Waals surface area contributed by atoms with Gasteiger partial charge in [0.1, 0.15) is 0 Å². The van der Waals surface area contributed by atoms with Gasteiger partial charge in [0.05, 0.1) is 12.6 Å². The number of rotatable bonds is 9. The Morgan fingerprint density at radius 1 is 1.18 bits per heavy atom. The van der Waals surface area contributed by atoms with E-state index in [-0.39, 0.29) is 11.8 Å². The molecule has 0 unspecified atom stereocenters. The molecule has 102 valence electrons. The molecule has 0 aromatic heterocycles. The van der Waals surface area contributed by atoms with Gasteiger partial charge in [-0.05, 0) is 12.3 Å². The smallest absolute Gasteiger partial charge is 0.239 e. The highest BCUT2D eigenvalue weighted by Crippen LogP contribution is 2.04. The fraction of sp³-hybridized carbons (Fsp3) is 0.917. The molecule has 2 N–H and O–H groups in total. The number of carbonyl (C=O) groups is 1. The van der Waals surface area contributed by atoms with E-state index in [1.54, 1.807) is 19.1 Å². The molecule has 0 bridgehead atoms. The normalized spacial score (nSPS) is 12.8. The Bertz CT molecular complexity index is 210. The summed E-state index contributed by atoms with van der Waals surface area (Å²) < 4.78 is 9.99. The summed E-state index contributed by atoms with van der Waals surface area (Å²) >= 11 is 0. The van der Waals surface area contributed by atoms with Crippen LogP contribution < -0.4 is 5.73 Å². The highest BCUT2D eigenvalue weighted by molar-refractivity contribution is 5.81. The second-order valence-electron chi connectivity index (χ2n) is 4.43. The highest BCUT2D eigenvalue weighted by Gasteiger charge is 2.22. The Labute approximate surface area is 104 Å². The van der Waals surface area contributed by atoms with Crippen molar-refractivity contribution in [2.75, 3.05) is 40.5 Å². The number of amides is 1. The molecule has 0 saturated carbocycles. The summed E-state index contributed by atoms with van der Waals surface area (Å²) in [6.45, 7) is 6.32. The van der Waals surface area contributed by atoms with Gasteiger partial charge in [-0.25, -0.2) is 0 Å². The number of hydrogen-bond donors (Lipinski definition) is 1. The lowest BCUT2D eigenvalue weighted by atomic mass is 10.0. The molecule has 5 heteroatoms. The van der Waals surface area contributed by atoms with E-state index in [0.29, 0.717) is 26.3 Å². The summed E-state index contributed by atoms with van der Waals surface area (Å²) in [4.78, 5) is 13.8. The van der Waals surface area contributed by atoms with Gasteiger partial charge in [-0.2, -0.15) is 0 Å². The molecule has 0 aromatic rings. The minimum Gasteiger partial charge on any atom is -0.385 e. The highest BCUT2D eigenvalue weighted by atomic mass is 16.5. The molecule has 17 heavy (non-hydrogen) atoms. The van der Waals surface area contributed by atoms with Crippen LogP contribution in [0, 0.1) is 5.92 Å². The zero-order chi connectivity index (χ0) is 13.3. The third-order valence-electron chi connectivity index (χ3n) is 2.66. The zero-order valence-electron chi connectivity index (χ0n) is 11.4. The lowest BCUT2D eigenvalue weighted by Gasteiger charge is -2.27. The predicted molar refractivity (Wildman–Crippen MR) is 67.8 cm³/mol. The molecule has 1 amide bonds. The Kier molecular flexibility index (Phi) is 9.03. The molecule has 0 fully saturated rings. The monoisotopic (exact) mass is 246 g/mol. The third kappa shape index (κ3) is 6.61. The second kappa shape index (κ2) is 9.39. The maximum absolute atomic E-state index is 12.1. The summed E-state index contributed by atoms with van der Waals surface area (Å²) in [5.74, 6) is 0.142. The van der Waals surface area contributed by atoms with Gasteiger partial charge in [0.2, 0.25) is 5.91 Å². The number of ether oxygens (including phenoxy) is 2. The Balaban J connectivity index is 4.28. The van der Waals surface area contributed by atoms with Gasteiger partial charge < -0.3 is 20.1 Å². The number of carbonyl (C=O) groups excluding carboxylic acids is 1. The molecule has 0 aliphatic heterocycles. The van der Waals surface area contributed by atoms with Crippen LogP contribution in [0.3, 0.4) is 0 Å². The van der Waals surface area contributed by atoms with Gasteiger partial charge in [0, 0.05) is 33.9 Å².